The molecule has 2 rings (SSSR count). The van der Waals surface area contributed by atoms with Gasteiger partial charge in [-0.1, -0.05) is 12.1 Å². The number of allylic oxidation sites excluding steroid dienone is 2. The van der Waals surface area contributed by atoms with E-state index in [1.54, 1.807) is 6.20 Å². The first kappa shape index (κ1) is 8.17. The Balaban J connectivity index is 2.51. The molecule has 1 aromatic heterocycles. The molecule has 0 spiro atoms. The van der Waals surface area contributed by atoms with Crippen LogP contribution in [0.4, 0.5) is 0 Å². The summed E-state index contributed by atoms with van der Waals surface area (Å²) in [4.78, 5) is 15.8. The SMILES string of the molecule is C/C=C1\CCc2cccnc2C1=O. The van der Waals surface area contributed by atoms with Crippen molar-refractivity contribution in [2.24, 2.45) is 0 Å². The fourth-order valence-corrected chi connectivity index (χ4v) is 1.66. The minimum Gasteiger partial charge on any atom is -0.287 e. The van der Waals surface area contributed by atoms with E-state index in [9.17, 15) is 4.79 Å². The molecule has 0 bridgehead atoms. The smallest absolute Gasteiger partial charge is 0.207 e. The quantitative estimate of drug-likeness (QED) is 0.563. The largest absolute Gasteiger partial charge is 0.287 e. The highest BCUT2D eigenvalue weighted by molar-refractivity contribution is 6.09. The number of aryl methyl sites for hydroxylation is 1. The lowest BCUT2D eigenvalue weighted by Crippen LogP contribution is -2.15. The van der Waals surface area contributed by atoms with Crippen molar-refractivity contribution >= 4 is 5.78 Å². The zero-order chi connectivity index (χ0) is 9.26. The van der Waals surface area contributed by atoms with Crippen molar-refractivity contribution in [3.63, 3.8) is 0 Å². The highest BCUT2D eigenvalue weighted by atomic mass is 16.1. The van der Waals surface area contributed by atoms with Crippen LogP contribution in [0, 0.1) is 0 Å². The minimum atomic E-state index is 0.101. The monoisotopic (exact) mass is 173 g/mol. The third-order valence-electron chi connectivity index (χ3n) is 2.41. The number of aromatic nitrogens is 1. The molecule has 0 amide bonds. The Kier molecular flexibility index (Phi) is 1.97. The second-order valence-corrected chi connectivity index (χ2v) is 3.15. The molecule has 0 aliphatic heterocycles. The van der Waals surface area contributed by atoms with Gasteiger partial charge in [-0.3, -0.25) is 9.78 Å². The van der Waals surface area contributed by atoms with Crippen molar-refractivity contribution < 1.29 is 4.79 Å². The average Bonchev–Trinajstić information content (AvgIpc) is 2.19. The van der Waals surface area contributed by atoms with Gasteiger partial charge in [0.15, 0.2) is 0 Å². The Hall–Kier alpha value is -1.44. The number of rotatable bonds is 0. The zero-order valence-electron chi connectivity index (χ0n) is 7.58. The Morgan fingerprint density at radius 1 is 1.46 bits per heavy atom. The highest BCUT2D eigenvalue weighted by Gasteiger charge is 2.21. The molecule has 0 unspecified atom stereocenters. The Bertz CT molecular complexity index is 379. The number of ketones is 1. The molecule has 0 saturated carbocycles. The van der Waals surface area contributed by atoms with Gasteiger partial charge >= 0.3 is 0 Å². The number of fused-ring (bicyclic) bond motifs is 1. The van der Waals surface area contributed by atoms with Gasteiger partial charge in [-0.05, 0) is 37.0 Å². The topological polar surface area (TPSA) is 30.0 Å². The predicted molar refractivity (Wildman–Crippen MR) is 50.6 cm³/mol. The molecule has 0 saturated heterocycles. The van der Waals surface area contributed by atoms with Gasteiger partial charge in [-0.15, -0.1) is 0 Å². The van der Waals surface area contributed by atoms with Crippen LogP contribution in [0.3, 0.4) is 0 Å². The van der Waals surface area contributed by atoms with Crippen LogP contribution in [0.2, 0.25) is 0 Å². The van der Waals surface area contributed by atoms with E-state index in [0.717, 1.165) is 24.0 Å². The van der Waals surface area contributed by atoms with Crippen LogP contribution in [0.25, 0.3) is 0 Å². The summed E-state index contributed by atoms with van der Waals surface area (Å²) in [5.74, 6) is 0.101. The molecule has 0 aromatic carbocycles. The van der Waals surface area contributed by atoms with E-state index in [1.165, 1.54) is 0 Å². The van der Waals surface area contributed by atoms with Crippen molar-refractivity contribution in [3.8, 4) is 0 Å². The van der Waals surface area contributed by atoms with Crippen LogP contribution >= 0.6 is 0 Å². The molecule has 0 radical (unpaired) electrons. The van der Waals surface area contributed by atoms with Crippen LogP contribution in [0.15, 0.2) is 30.0 Å². The summed E-state index contributed by atoms with van der Waals surface area (Å²) >= 11 is 0. The van der Waals surface area contributed by atoms with Gasteiger partial charge in [-0.25, -0.2) is 0 Å². The van der Waals surface area contributed by atoms with Crippen molar-refractivity contribution in [1.29, 1.82) is 0 Å². The summed E-state index contributed by atoms with van der Waals surface area (Å²) in [6.45, 7) is 1.90. The van der Waals surface area contributed by atoms with Gasteiger partial charge < -0.3 is 0 Å². The maximum atomic E-state index is 11.7. The second-order valence-electron chi connectivity index (χ2n) is 3.15. The third kappa shape index (κ3) is 1.28. The number of hydrogen-bond donors (Lipinski definition) is 0. The van der Waals surface area contributed by atoms with Crippen LogP contribution in [0.1, 0.15) is 29.4 Å². The van der Waals surface area contributed by atoms with Crippen LogP contribution < -0.4 is 0 Å². The second kappa shape index (κ2) is 3.13. The van der Waals surface area contributed by atoms with E-state index < -0.39 is 0 Å². The maximum absolute atomic E-state index is 11.7. The van der Waals surface area contributed by atoms with E-state index in [4.69, 9.17) is 0 Å². The minimum absolute atomic E-state index is 0.101. The van der Waals surface area contributed by atoms with Crippen LogP contribution in [-0.2, 0) is 6.42 Å². The molecule has 1 aliphatic carbocycles. The lowest BCUT2D eigenvalue weighted by atomic mass is 9.90. The van der Waals surface area contributed by atoms with E-state index in [-0.39, 0.29) is 5.78 Å². The highest BCUT2D eigenvalue weighted by Crippen LogP contribution is 2.22. The number of carbonyl (C=O) groups is 1. The summed E-state index contributed by atoms with van der Waals surface area (Å²) in [5, 5.41) is 0. The Labute approximate surface area is 77.3 Å². The maximum Gasteiger partial charge on any atom is 0.207 e. The molecule has 0 atom stereocenters. The van der Waals surface area contributed by atoms with Crippen LogP contribution in [-0.4, -0.2) is 10.8 Å². The molecule has 1 aromatic rings. The predicted octanol–water partition coefficient (Wildman–Crippen LogP) is 2.16. The van der Waals surface area contributed by atoms with Gasteiger partial charge in [0.1, 0.15) is 5.69 Å². The van der Waals surface area contributed by atoms with Gasteiger partial charge in [0.2, 0.25) is 5.78 Å². The average molecular weight is 173 g/mol. The fourth-order valence-electron chi connectivity index (χ4n) is 1.66. The number of carbonyl (C=O) groups excluding carboxylic acids is 1. The summed E-state index contributed by atoms with van der Waals surface area (Å²) < 4.78 is 0. The lowest BCUT2D eigenvalue weighted by molar-refractivity contribution is 0.102. The van der Waals surface area contributed by atoms with Crippen molar-refractivity contribution in [2.45, 2.75) is 19.8 Å². The summed E-state index contributed by atoms with van der Waals surface area (Å²) in [7, 11) is 0. The molecular formula is C11H11NO. The van der Waals surface area contributed by atoms with Gasteiger partial charge in [0.25, 0.3) is 0 Å². The van der Waals surface area contributed by atoms with E-state index in [2.05, 4.69) is 4.98 Å². The van der Waals surface area contributed by atoms with Gasteiger partial charge in [0, 0.05) is 6.20 Å². The normalized spacial score (nSPS) is 18.8. The van der Waals surface area contributed by atoms with Crippen LogP contribution in [0.5, 0.6) is 0 Å². The Morgan fingerprint density at radius 2 is 2.31 bits per heavy atom. The molecule has 0 fully saturated rings. The standard InChI is InChI=1S/C11H11NO/c1-2-8-5-6-9-4-3-7-12-10(9)11(8)13/h2-4,7H,5-6H2,1H3/b8-2+. The van der Waals surface area contributed by atoms with Gasteiger partial charge in [0.05, 0.1) is 0 Å². The Morgan fingerprint density at radius 3 is 3.08 bits per heavy atom. The molecule has 2 heteroatoms. The van der Waals surface area contributed by atoms with Crippen molar-refractivity contribution in [3.05, 3.63) is 41.2 Å². The molecule has 2 nitrogen and oxygen atoms in total. The first-order valence-electron chi connectivity index (χ1n) is 4.46. The number of Topliss-reactive ketones (excluding diaryl/α,β-unsaturated/α-hetero) is 1. The first-order chi connectivity index (χ1) is 6.33. The first-order valence-corrected chi connectivity index (χ1v) is 4.46. The van der Waals surface area contributed by atoms with E-state index in [0.29, 0.717) is 5.69 Å². The molecule has 1 aliphatic rings. The fraction of sp³-hybridized carbons (Fsp3) is 0.273. The lowest BCUT2D eigenvalue weighted by Gasteiger charge is -2.15. The molecule has 1 heterocycles. The zero-order valence-corrected chi connectivity index (χ0v) is 7.58. The molecular weight excluding hydrogens is 162 g/mol. The molecule has 66 valence electrons. The summed E-state index contributed by atoms with van der Waals surface area (Å²) in [6, 6.07) is 3.86. The van der Waals surface area contributed by atoms with Crippen molar-refractivity contribution in [1.82, 2.24) is 4.98 Å². The van der Waals surface area contributed by atoms with E-state index >= 15 is 0 Å². The van der Waals surface area contributed by atoms with Crippen molar-refractivity contribution in [2.75, 3.05) is 0 Å². The molecule has 13 heavy (non-hydrogen) atoms. The third-order valence-corrected chi connectivity index (χ3v) is 2.41. The summed E-state index contributed by atoms with van der Waals surface area (Å²) in [6.07, 6.45) is 5.36. The number of pyridine rings is 1. The number of hydrogen-bond acceptors (Lipinski definition) is 2. The number of nitrogens with zero attached hydrogens (tertiary/aromatic N) is 1. The summed E-state index contributed by atoms with van der Waals surface area (Å²) in [5.41, 5.74) is 2.62. The van der Waals surface area contributed by atoms with E-state index in [1.807, 2.05) is 25.1 Å². The molecule has 0 N–H and O–H groups in total. The van der Waals surface area contributed by atoms with Gasteiger partial charge in [-0.2, -0.15) is 0 Å².